The van der Waals surface area contributed by atoms with Gasteiger partial charge in [0.05, 0.1) is 5.69 Å². The van der Waals surface area contributed by atoms with Gasteiger partial charge in [-0.3, -0.25) is 9.48 Å². The summed E-state index contributed by atoms with van der Waals surface area (Å²) in [5.74, 6) is -0.0582. The number of nitrogens with one attached hydrogen (secondary N) is 2. The molecule has 19 heavy (non-hydrogen) atoms. The van der Waals surface area contributed by atoms with E-state index in [4.69, 9.17) is 0 Å². The Hall–Kier alpha value is -2.14. The number of aromatic nitrogens is 2. The van der Waals surface area contributed by atoms with Crippen molar-refractivity contribution in [2.45, 2.75) is 20.0 Å². The summed E-state index contributed by atoms with van der Waals surface area (Å²) >= 11 is 0. The zero-order valence-corrected chi connectivity index (χ0v) is 11.2. The minimum Gasteiger partial charge on any atom is -0.326 e. The molecular weight excluding hydrogens is 240 g/mol. The third kappa shape index (κ3) is 3.93. The van der Waals surface area contributed by atoms with E-state index < -0.39 is 0 Å². The highest BCUT2D eigenvalue weighted by molar-refractivity contribution is 5.89. The second kappa shape index (κ2) is 6.15. The highest BCUT2D eigenvalue weighted by atomic mass is 16.1. The fourth-order valence-electron chi connectivity index (χ4n) is 1.87. The maximum Gasteiger partial charge on any atom is 0.221 e. The Balaban J connectivity index is 1.93. The Bertz CT molecular complexity index is 562. The number of hydrogen-bond acceptors (Lipinski definition) is 3. The van der Waals surface area contributed by atoms with Crippen LogP contribution < -0.4 is 10.6 Å². The van der Waals surface area contributed by atoms with E-state index in [9.17, 15) is 4.79 Å². The summed E-state index contributed by atoms with van der Waals surface area (Å²) in [5.41, 5.74) is 2.91. The summed E-state index contributed by atoms with van der Waals surface area (Å²) in [6.07, 6.45) is 1.92. The van der Waals surface area contributed by atoms with Crippen LogP contribution in [0.4, 0.5) is 5.69 Å². The summed E-state index contributed by atoms with van der Waals surface area (Å²) in [6, 6.07) is 9.75. The number of nitrogens with zero attached hydrogens (tertiary/aromatic N) is 2. The molecular formula is C14H18N4O. The van der Waals surface area contributed by atoms with E-state index in [-0.39, 0.29) is 5.91 Å². The van der Waals surface area contributed by atoms with Gasteiger partial charge in [0.2, 0.25) is 5.91 Å². The van der Waals surface area contributed by atoms with Crippen molar-refractivity contribution >= 4 is 11.6 Å². The molecule has 1 heterocycles. The van der Waals surface area contributed by atoms with E-state index in [1.807, 2.05) is 43.6 Å². The first kappa shape index (κ1) is 13.3. The van der Waals surface area contributed by atoms with Gasteiger partial charge in [-0.15, -0.1) is 0 Å². The molecule has 0 aliphatic rings. The second-order valence-electron chi connectivity index (χ2n) is 4.42. The molecule has 0 unspecified atom stereocenters. The Morgan fingerprint density at radius 1 is 1.26 bits per heavy atom. The number of carbonyl (C=O) groups is 1. The summed E-state index contributed by atoms with van der Waals surface area (Å²) in [5, 5.41) is 10.4. The van der Waals surface area contributed by atoms with Gasteiger partial charge in [-0.05, 0) is 17.7 Å². The minimum absolute atomic E-state index is 0.0582. The molecule has 1 aromatic carbocycles. The smallest absolute Gasteiger partial charge is 0.221 e. The average Bonchev–Trinajstić information content (AvgIpc) is 2.77. The number of carbonyl (C=O) groups excluding carboxylic acids is 1. The molecule has 0 radical (unpaired) electrons. The van der Waals surface area contributed by atoms with Crippen molar-refractivity contribution in [2.75, 3.05) is 5.32 Å². The van der Waals surface area contributed by atoms with Crippen LogP contribution in [-0.2, 0) is 24.9 Å². The molecule has 0 fully saturated rings. The van der Waals surface area contributed by atoms with Gasteiger partial charge in [-0.1, -0.05) is 18.2 Å². The molecule has 0 aliphatic carbocycles. The quantitative estimate of drug-likeness (QED) is 0.857. The molecule has 100 valence electrons. The molecule has 0 spiro atoms. The average molecular weight is 258 g/mol. The van der Waals surface area contributed by atoms with Crippen LogP contribution in [0.3, 0.4) is 0 Å². The highest BCUT2D eigenvalue weighted by Gasteiger charge is 2.03. The summed E-state index contributed by atoms with van der Waals surface area (Å²) in [6.45, 7) is 2.90. The molecule has 1 aromatic heterocycles. The number of aryl methyl sites for hydroxylation is 1. The van der Waals surface area contributed by atoms with Crippen molar-refractivity contribution in [1.29, 1.82) is 0 Å². The lowest BCUT2D eigenvalue weighted by Gasteiger charge is -2.10. The van der Waals surface area contributed by atoms with E-state index >= 15 is 0 Å². The maximum atomic E-state index is 11.1. The summed E-state index contributed by atoms with van der Waals surface area (Å²) in [4.78, 5) is 11.1. The van der Waals surface area contributed by atoms with Crippen LogP contribution in [0.1, 0.15) is 18.2 Å². The summed E-state index contributed by atoms with van der Waals surface area (Å²) in [7, 11) is 1.90. The van der Waals surface area contributed by atoms with Gasteiger partial charge in [-0.25, -0.2) is 0 Å². The molecule has 0 saturated heterocycles. The minimum atomic E-state index is -0.0582. The number of para-hydroxylation sites is 1. The van der Waals surface area contributed by atoms with E-state index in [1.54, 1.807) is 4.68 Å². The first-order chi connectivity index (χ1) is 9.15. The van der Waals surface area contributed by atoms with Crippen molar-refractivity contribution in [3.8, 4) is 0 Å². The van der Waals surface area contributed by atoms with Gasteiger partial charge >= 0.3 is 0 Å². The molecule has 0 atom stereocenters. The lowest BCUT2D eigenvalue weighted by molar-refractivity contribution is -0.114. The van der Waals surface area contributed by atoms with Crippen LogP contribution in [-0.4, -0.2) is 15.7 Å². The maximum absolute atomic E-state index is 11.1. The molecule has 0 saturated carbocycles. The fraction of sp³-hybridized carbons (Fsp3) is 0.286. The first-order valence-electron chi connectivity index (χ1n) is 6.20. The van der Waals surface area contributed by atoms with Gasteiger partial charge in [-0.2, -0.15) is 5.10 Å². The van der Waals surface area contributed by atoms with Crippen molar-refractivity contribution in [3.05, 3.63) is 47.8 Å². The van der Waals surface area contributed by atoms with Crippen LogP contribution in [0.5, 0.6) is 0 Å². The van der Waals surface area contributed by atoms with Gasteiger partial charge in [0.15, 0.2) is 0 Å². The van der Waals surface area contributed by atoms with Crippen molar-refractivity contribution < 1.29 is 4.79 Å². The zero-order valence-electron chi connectivity index (χ0n) is 11.2. The Morgan fingerprint density at radius 2 is 2.05 bits per heavy atom. The number of anilines is 1. The molecule has 5 heteroatoms. The van der Waals surface area contributed by atoms with E-state index in [0.29, 0.717) is 13.1 Å². The number of rotatable bonds is 5. The van der Waals surface area contributed by atoms with Gasteiger partial charge in [0.25, 0.3) is 0 Å². The SMILES string of the molecule is CC(=O)Nc1ccccc1CNCc1ccn(C)n1. The van der Waals surface area contributed by atoms with E-state index in [0.717, 1.165) is 16.9 Å². The molecule has 0 bridgehead atoms. The molecule has 2 N–H and O–H groups in total. The van der Waals surface area contributed by atoms with Crippen molar-refractivity contribution in [3.63, 3.8) is 0 Å². The second-order valence-corrected chi connectivity index (χ2v) is 4.42. The molecule has 5 nitrogen and oxygen atoms in total. The largest absolute Gasteiger partial charge is 0.326 e. The van der Waals surface area contributed by atoms with Crippen LogP contribution in [0.15, 0.2) is 36.5 Å². The van der Waals surface area contributed by atoms with Crippen LogP contribution in [0, 0.1) is 0 Å². The van der Waals surface area contributed by atoms with Crippen LogP contribution >= 0.6 is 0 Å². The third-order valence-corrected chi connectivity index (χ3v) is 2.72. The number of amides is 1. The highest BCUT2D eigenvalue weighted by Crippen LogP contribution is 2.14. The van der Waals surface area contributed by atoms with Gasteiger partial charge in [0, 0.05) is 38.9 Å². The van der Waals surface area contributed by atoms with E-state index in [1.165, 1.54) is 6.92 Å². The molecule has 2 aromatic rings. The van der Waals surface area contributed by atoms with E-state index in [2.05, 4.69) is 15.7 Å². The fourth-order valence-corrected chi connectivity index (χ4v) is 1.87. The predicted molar refractivity (Wildman–Crippen MR) is 74.5 cm³/mol. The zero-order chi connectivity index (χ0) is 13.7. The third-order valence-electron chi connectivity index (χ3n) is 2.72. The molecule has 2 rings (SSSR count). The number of benzene rings is 1. The normalized spacial score (nSPS) is 10.4. The van der Waals surface area contributed by atoms with Crippen molar-refractivity contribution in [2.24, 2.45) is 7.05 Å². The predicted octanol–water partition coefficient (Wildman–Crippen LogP) is 1.67. The monoisotopic (exact) mass is 258 g/mol. The Kier molecular flexibility index (Phi) is 4.30. The van der Waals surface area contributed by atoms with Gasteiger partial charge < -0.3 is 10.6 Å². The standard InChI is InChI=1S/C14H18N4O/c1-11(19)16-14-6-4-3-5-12(14)9-15-10-13-7-8-18(2)17-13/h3-8,15H,9-10H2,1-2H3,(H,16,19). The molecule has 0 aliphatic heterocycles. The van der Waals surface area contributed by atoms with Gasteiger partial charge in [0.1, 0.15) is 0 Å². The number of hydrogen-bond donors (Lipinski definition) is 2. The lowest BCUT2D eigenvalue weighted by Crippen LogP contribution is -2.16. The van der Waals surface area contributed by atoms with Crippen LogP contribution in [0.25, 0.3) is 0 Å². The summed E-state index contributed by atoms with van der Waals surface area (Å²) < 4.78 is 1.78. The van der Waals surface area contributed by atoms with Crippen LogP contribution in [0.2, 0.25) is 0 Å². The Labute approximate surface area is 112 Å². The Morgan fingerprint density at radius 3 is 2.74 bits per heavy atom. The first-order valence-corrected chi connectivity index (χ1v) is 6.20. The molecule has 1 amide bonds. The topological polar surface area (TPSA) is 59.0 Å². The lowest BCUT2D eigenvalue weighted by atomic mass is 10.1. The van der Waals surface area contributed by atoms with Crippen molar-refractivity contribution in [1.82, 2.24) is 15.1 Å².